The van der Waals surface area contributed by atoms with Gasteiger partial charge in [0.05, 0.1) is 6.04 Å². The minimum Gasteiger partial charge on any atom is -0.508 e. The lowest BCUT2D eigenvalue weighted by atomic mass is 10.0. The first kappa shape index (κ1) is 61.5. The summed E-state index contributed by atoms with van der Waals surface area (Å²) in [5.41, 5.74) is 19.9. The van der Waals surface area contributed by atoms with Gasteiger partial charge in [-0.25, -0.2) is 0 Å². The molecule has 0 aromatic heterocycles. The van der Waals surface area contributed by atoms with Crippen LogP contribution < -0.4 is 59.7 Å². The number of carbonyl (C=O) groups excluding carboxylic acids is 9. The van der Waals surface area contributed by atoms with Gasteiger partial charge in [0, 0.05) is 41.4 Å². The molecule has 0 aliphatic carbocycles. The number of aromatic hydroxyl groups is 2. The molecule has 25 heteroatoms. The minimum absolute atomic E-state index is 0.0308. The Bertz CT molecular complexity index is 2730. The Morgan fingerprint density at radius 3 is 1.71 bits per heavy atom. The first-order valence-corrected chi connectivity index (χ1v) is 27.8. The van der Waals surface area contributed by atoms with Crippen LogP contribution in [-0.4, -0.2) is 137 Å². The van der Waals surface area contributed by atoms with E-state index in [1.54, 1.807) is 31.3 Å². The van der Waals surface area contributed by atoms with Crippen molar-refractivity contribution in [2.45, 2.75) is 100 Å². The molecule has 1 fully saturated rings. The molecule has 1 saturated heterocycles. The lowest BCUT2D eigenvalue weighted by molar-refractivity contribution is -0.135. The molecular weight excluding hydrogens is 1070 g/mol. The van der Waals surface area contributed by atoms with Crippen LogP contribution in [0.4, 0.5) is 0 Å². The number of rotatable bonds is 19. The molecule has 0 spiro atoms. The molecule has 1 aliphatic heterocycles. The quantitative estimate of drug-likeness (QED) is 0.0439. The monoisotopic (exact) mass is 1130 g/mol. The lowest BCUT2D eigenvalue weighted by Crippen LogP contribution is -2.61. The molecule has 16 N–H and O–H groups in total. The van der Waals surface area contributed by atoms with Crippen molar-refractivity contribution >= 4 is 86.4 Å². The normalized spacial score (nSPS) is 20.7. The van der Waals surface area contributed by atoms with Gasteiger partial charge in [0.2, 0.25) is 53.2 Å². The van der Waals surface area contributed by atoms with Crippen LogP contribution in [0.25, 0.3) is 0 Å². The summed E-state index contributed by atoms with van der Waals surface area (Å²) in [6, 6.07) is 13.5. The van der Waals surface area contributed by atoms with Crippen molar-refractivity contribution in [3.8, 4) is 11.5 Å². The van der Waals surface area contributed by atoms with E-state index < -0.39 is 101 Å². The molecule has 8 atom stereocenters. The van der Waals surface area contributed by atoms with Gasteiger partial charge in [-0.3, -0.25) is 43.2 Å². The molecule has 4 aromatic rings. The van der Waals surface area contributed by atoms with Crippen LogP contribution in [0.5, 0.6) is 11.5 Å². The Labute approximate surface area is 464 Å². The van der Waals surface area contributed by atoms with Crippen LogP contribution in [-0.2, 0) is 64.0 Å². The van der Waals surface area contributed by atoms with E-state index >= 15 is 0 Å². The number of hydrogen-bond donors (Lipinski definition) is 13. The maximum Gasteiger partial charge on any atom is 0.248 e. The van der Waals surface area contributed by atoms with Crippen LogP contribution in [0, 0.1) is 0 Å². The van der Waals surface area contributed by atoms with Gasteiger partial charge < -0.3 is 69.9 Å². The number of phenolic OH excluding ortho intramolecular Hbond substituents is 2. The van der Waals surface area contributed by atoms with Gasteiger partial charge in [0.1, 0.15) is 53.8 Å². The van der Waals surface area contributed by atoms with Gasteiger partial charge in [0.25, 0.3) is 0 Å². The predicted molar refractivity (Wildman–Crippen MR) is 296 cm³/mol. The number of carbonyl (C=O) groups is 9. The molecule has 0 unspecified atom stereocenters. The number of amides is 9. The third-order valence-corrected chi connectivity index (χ3v) is 15.1. The summed E-state index contributed by atoms with van der Waals surface area (Å²) in [6.07, 6.45) is 0.648. The van der Waals surface area contributed by atoms with Crippen molar-refractivity contribution in [1.29, 1.82) is 0 Å². The fourth-order valence-electron chi connectivity index (χ4n) is 7.95. The first-order valence-electron chi connectivity index (χ1n) is 24.9. The standard InChI is InChI=1S/C53H66ClN11O11S2/c1-29-47(70)64-43(52(75)61-40(46(57)69)24-32-10-18-36(66)19-11-32)27-77-78-28-44(65-48(71)38(55)23-30-8-16-35(54)17-9-30)53(76)63-42(26-33-12-20-37(67)21-13-33)51(74)62-41(25-31-6-14-34(15-7-31)45(56)68)50(73)60-39(49(72)59-29)5-3-4-22-58-2/h6-21,29,38-44,58,66-67H,3-5,22-28,55H2,1-2H3,(H2,56,68)(H2,57,69)(H,59,72)(H,60,73)(H,61,75)(H,62,74)(H,63,76)(H,64,70)(H,65,71)/t29-,38-,39-,40+,41+,42-,43-,44+/m0/s1. The summed E-state index contributed by atoms with van der Waals surface area (Å²) in [4.78, 5) is 125. The molecule has 4 aromatic carbocycles. The van der Waals surface area contributed by atoms with Crippen LogP contribution in [0.1, 0.15) is 58.8 Å². The maximum atomic E-state index is 14.7. The van der Waals surface area contributed by atoms with E-state index in [2.05, 4.69) is 42.5 Å². The van der Waals surface area contributed by atoms with Crippen LogP contribution in [0.3, 0.4) is 0 Å². The van der Waals surface area contributed by atoms with Gasteiger partial charge in [-0.05, 0) is 117 Å². The molecule has 1 heterocycles. The van der Waals surface area contributed by atoms with Crippen molar-refractivity contribution in [3.05, 3.63) is 130 Å². The topological polar surface area (TPSA) is 368 Å². The highest BCUT2D eigenvalue weighted by atomic mass is 35.5. The summed E-state index contributed by atoms with van der Waals surface area (Å²) < 4.78 is 0. The van der Waals surface area contributed by atoms with Crippen molar-refractivity contribution in [1.82, 2.24) is 42.5 Å². The zero-order valence-electron chi connectivity index (χ0n) is 42.9. The number of halogens is 1. The van der Waals surface area contributed by atoms with E-state index in [1.165, 1.54) is 79.7 Å². The number of nitrogens with one attached hydrogen (secondary N) is 8. The van der Waals surface area contributed by atoms with E-state index in [9.17, 15) is 53.4 Å². The highest BCUT2D eigenvalue weighted by Gasteiger charge is 2.35. The number of hydrogen-bond acceptors (Lipinski definition) is 15. The highest BCUT2D eigenvalue weighted by Crippen LogP contribution is 2.24. The van der Waals surface area contributed by atoms with Crippen LogP contribution in [0.2, 0.25) is 5.02 Å². The molecule has 5 rings (SSSR count). The average Bonchev–Trinajstić information content (AvgIpc) is 3.40. The molecule has 78 heavy (non-hydrogen) atoms. The number of phenols is 2. The summed E-state index contributed by atoms with van der Waals surface area (Å²) >= 11 is 6.07. The lowest BCUT2D eigenvalue weighted by Gasteiger charge is -2.28. The summed E-state index contributed by atoms with van der Waals surface area (Å²) in [5, 5.41) is 42.1. The predicted octanol–water partition coefficient (Wildman–Crippen LogP) is 0.132. The molecule has 0 bridgehead atoms. The molecule has 0 radical (unpaired) electrons. The zero-order chi connectivity index (χ0) is 56.9. The molecule has 9 amide bonds. The molecule has 0 saturated carbocycles. The van der Waals surface area contributed by atoms with Crippen LogP contribution >= 0.6 is 33.2 Å². The average molecular weight is 1130 g/mol. The second kappa shape index (κ2) is 30.5. The van der Waals surface area contributed by atoms with E-state index in [1.807, 2.05) is 0 Å². The molecule has 1 aliphatic rings. The maximum absolute atomic E-state index is 14.7. The number of primary amides is 2. The third-order valence-electron chi connectivity index (χ3n) is 12.4. The van der Waals surface area contributed by atoms with E-state index in [0.29, 0.717) is 46.7 Å². The van der Waals surface area contributed by atoms with Crippen molar-refractivity contribution < 1.29 is 53.4 Å². The number of unbranched alkanes of at least 4 members (excludes halogenated alkanes) is 1. The SMILES string of the molecule is CNCCCC[C@@H]1NC(=O)[C@@H](Cc2ccc(C(N)=O)cc2)NC(=O)[C@H](Cc2ccc(O)cc2)NC(=O)[C@H](NC(=O)[C@@H](N)Cc2ccc(Cl)cc2)CSSC[C@@H](C(=O)N[C@H](Cc2ccc(O)cc2)C(N)=O)NC(=O)[C@H](C)NC1=O. The Kier molecular flexibility index (Phi) is 24.1. The number of nitrogens with two attached hydrogens (primary N) is 3. The second-order valence-electron chi connectivity index (χ2n) is 18.6. The molecule has 418 valence electrons. The first-order chi connectivity index (χ1) is 37.2. The second-order valence-corrected chi connectivity index (χ2v) is 21.6. The van der Waals surface area contributed by atoms with E-state index in [0.717, 1.165) is 21.6 Å². The van der Waals surface area contributed by atoms with Crippen LogP contribution in [0.15, 0.2) is 97.1 Å². The van der Waals surface area contributed by atoms with E-state index in [4.69, 9.17) is 28.8 Å². The highest BCUT2D eigenvalue weighted by molar-refractivity contribution is 8.76. The molecular formula is C53H66ClN11O11S2. The smallest absolute Gasteiger partial charge is 0.248 e. The fourth-order valence-corrected chi connectivity index (χ4v) is 10.4. The van der Waals surface area contributed by atoms with Gasteiger partial charge >= 0.3 is 0 Å². The van der Waals surface area contributed by atoms with Crippen molar-refractivity contribution in [2.75, 3.05) is 25.1 Å². The van der Waals surface area contributed by atoms with E-state index in [-0.39, 0.29) is 60.7 Å². The Morgan fingerprint density at radius 2 is 1.14 bits per heavy atom. The fraction of sp³-hybridized carbons (Fsp3) is 0.377. The Morgan fingerprint density at radius 1 is 0.641 bits per heavy atom. The van der Waals surface area contributed by atoms with Crippen molar-refractivity contribution in [2.24, 2.45) is 17.2 Å². The van der Waals surface area contributed by atoms with Gasteiger partial charge in [-0.15, -0.1) is 0 Å². The number of benzene rings is 4. The largest absolute Gasteiger partial charge is 0.508 e. The van der Waals surface area contributed by atoms with Gasteiger partial charge in [-0.2, -0.15) is 0 Å². The van der Waals surface area contributed by atoms with Crippen molar-refractivity contribution in [3.63, 3.8) is 0 Å². The van der Waals surface area contributed by atoms with Gasteiger partial charge in [0.15, 0.2) is 0 Å². The van der Waals surface area contributed by atoms with Gasteiger partial charge in [-0.1, -0.05) is 81.7 Å². The minimum atomic E-state index is -1.45. The third kappa shape index (κ3) is 19.9. The molecule has 22 nitrogen and oxygen atoms in total. The Hall–Kier alpha value is -7.38. The summed E-state index contributed by atoms with van der Waals surface area (Å²) in [5.74, 6) is -7.89. The zero-order valence-corrected chi connectivity index (χ0v) is 45.3. The summed E-state index contributed by atoms with van der Waals surface area (Å²) in [6.45, 7) is 1.94. The summed E-state index contributed by atoms with van der Waals surface area (Å²) in [7, 11) is 3.76. The Balaban J connectivity index is 1.55.